The summed E-state index contributed by atoms with van der Waals surface area (Å²) in [5.74, 6) is -2.69. The number of hydrogen-bond donors (Lipinski definition) is 3. The zero-order valence-corrected chi connectivity index (χ0v) is 14.8. The molecule has 3 N–H and O–H groups in total. The van der Waals surface area contributed by atoms with Crippen molar-refractivity contribution < 1.29 is 29.3 Å². The molecule has 0 spiro atoms. The van der Waals surface area contributed by atoms with E-state index in [9.17, 15) is 0 Å². The highest BCUT2D eigenvalue weighted by molar-refractivity contribution is 9.10. The van der Waals surface area contributed by atoms with Crippen molar-refractivity contribution in [1.82, 2.24) is 5.32 Å². The Labute approximate surface area is 143 Å². The van der Waals surface area contributed by atoms with E-state index in [1.165, 1.54) is 0 Å². The first-order valence-corrected chi connectivity index (χ1v) is 7.72. The predicted molar refractivity (Wildman–Crippen MR) is 89.0 cm³/mol. The van der Waals surface area contributed by atoms with Gasteiger partial charge in [0, 0.05) is 18.1 Å². The smallest absolute Gasteiger partial charge is 0.414 e. The molecular weight excluding hydrogens is 370 g/mol. The predicted octanol–water partition coefficient (Wildman–Crippen LogP) is 1.92. The fraction of sp³-hybridized carbons (Fsp3) is 0.467. The van der Waals surface area contributed by atoms with E-state index in [2.05, 4.69) is 34.2 Å². The van der Waals surface area contributed by atoms with E-state index in [1.54, 1.807) is 7.11 Å². The minimum absolute atomic E-state index is 0.739. The third-order valence-electron chi connectivity index (χ3n) is 2.56. The van der Waals surface area contributed by atoms with E-state index in [1.807, 2.05) is 12.1 Å². The molecule has 130 valence electrons. The monoisotopic (exact) mass is 391 g/mol. The SMILES string of the molecule is COCCNCCCOc1ccc(Br)cc1C.O=C(O)C(=O)O. The third-order valence-corrected chi connectivity index (χ3v) is 3.05. The molecule has 23 heavy (non-hydrogen) atoms. The summed E-state index contributed by atoms with van der Waals surface area (Å²) in [6.45, 7) is 5.40. The lowest BCUT2D eigenvalue weighted by atomic mass is 10.2. The lowest BCUT2D eigenvalue weighted by molar-refractivity contribution is -0.159. The molecule has 1 aromatic carbocycles. The second-order valence-corrected chi connectivity index (χ2v) is 5.38. The van der Waals surface area contributed by atoms with E-state index < -0.39 is 11.9 Å². The zero-order valence-electron chi connectivity index (χ0n) is 13.2. The van der Waals surface area contributed by atoms with Crippen LogP contribution in [0.4, 0.5) is 0 Å². The fourth-order valence-corrected chi connectivity index (χ4v) is 1.93. The Balaban J connectivity index is 0.000000688. The minimum atomic E-state index is -1.82. The molecule has 0 saturated heterocycles. The van der Waals surface area contributed by atoms with Crippen LogP contribution < -0.4 is 10.1 Å². The molecule has 0 aliphatic rings. The van der Waals surface area contributed by atoms with Crippen LogP contribution in [0.1, 0.15) is 12.0 Å². The lowest BCUT2D eigenvalue weighted by Crippen LogP contribution is -2.21. The fourth-order valence-electron chi connectivity index (χ4n) is 1.45. The van der Waals surface area contributed by atoms with E-state index in [4.69, 9.17) is 29.3 Å². The van der Waals surface area contributed by atoms with Gasteiger partial charge in [-0.2, -0.15) is 0 Å². The molecular formula is C15H22BrNO6. The molecule has 0 aliphatic heterocycles. The molecule has 0 aliphatic carbocycles. The molecule has 0 bridgehead atoms. The number of halogens is 1. The average Bonchev–Trinajstić information content (AvgIpc) is 2.48. The number of nitrogens with one attached hydrogen (secondary N) is 1. The summed E-state index contributed by atoms with van der Waals surface area (Å²) < 4.78 is 11.7. The van der Waals surface area contributed by atoms with Gasteiger partial charge in [0.05, 0.1) is 13.2 Å². The Morgan fingerprint density at radius 1 is 1.17 bits per heavy atom. The first-order valence-electron chi connectivity index (χ1n) is 6.93. The number of aliphatic carboxylic acids is 2. The van der Waals surface area contributed by atoms with Gasteiger partial charge in [-0.1, -0.05) is 15.9 Å². The summed E-state index contributed by atoms with van der Waals surface area (Å²) in [5, 5.41) is 18.1. The number of carbonyl (C=O) groups is 2. The van der Waals surface area contributed by atoms with Crippen LogP contribution in [0.25, 0.3) is 0 Å². The van der Waals surface area contributed by atoms with Crippen molar-refractivity contribution in [1.29, 1.82) is 0 Å². The van der Waals surface area contributed by atoms with Crippen LogP contribution in [0.3, 0.4) is 0 Å². The molecule has 0 aromatic heterocycles. The second kappa shape index (κ2) is 12.9. The van der Waals surface area contributed by atoms with Gasteiger partial charge in [0.25, 0.3) is 0 Å². The maximum absolute atomic E-state index is 9.10. The molecule has 0 amide bonds. The van der Waals surface area contributed by atoms with Crippen molar-refractivity contribution in [3.63, 3.8) is 0 Å². The summed E-state index contributed by atoms with van der Waals surface area (Å²) in [4.78, 5) is 18.2. The van der Waals surface area contributed by atoms with Crippen LogP contribution in [-0.2, 0) is 14.3 Å². The number of carboxylic acids is 2. The summed E-state index contributed by atoms with van der Waals surface area (Å²) in [6.07, 6.45) is 0.999. The number of methoxy groups -OCH3 is 1. The minimum Gasteiger partial charge on any atom is -0.493 e. The van der Waals surface area contributed by atoms with Crippen LogP contribution >= 0.6 is 15.9 Å². The van der Waals surface area contributed by atoms with E-state index in [0.717, 1.165) is 48.5 Å². The Morgan fingerprint density at radius 2 is 1.83 bits per heavy atom. The number of hydrogen-bond acceptors (Lipinski definition) is 5. The molecule has 1 aromatic rings. The molecule has 7 nitrogen and oxygen atoms in total. The third kappa shape index (κ3) is 11.6. The van der Waals surface area contributed by atoms with Gasteiger partial charge in [0.15, 0.2) is 0 Å². The number of rotatable bonds is 8. The van der Waals surface area contributed by atoms with Gasteiger partial charge in [-0.15, -0.1) is 0 Å². The van der Waals surface area contributed by atoms with Gasteiger partial charge >= 0.3 is 11.9 Å². The van der Waals surface area contributed by atoms with Crippen LogP contribution in [0.2, 0.25) is 0 Å². The first kappa shape index (κ1) is 21.4. The second-order valence-electron chi connectivity index (χ2n) is 4.46. The lowest BCUT2D eigenvalue weighted by Gasteiger charge is -2.09. The van der Waals surface area contributed by atoms with E-state index in [0.29, 0.717) is 0 Å². The molecule has 0 atom stereocenters. The van der Waals surface area contributed by atoms with Crippen molar-refractivity contribution in [2.75, 3.05) is 33.4 Å². The maximum Gasteiger partial charge on any atom is 0.414 e. The van der Waals surface area contributed by atoms with Crippen molar-refractivity contribution in [3.05, 3.63) is 28.2 Å². The van der Waals surface area contributed by atoms with Gasteiger partial charge in [-0.25, -0.2) is 9.59 Å². The molecule has 0 unspecified atom stereocenters. The standard InChI is InChI=1S/C13H20BrNO2.C2H2O4/c1-11-10-12(14)4-5-13(11)17-8-3-6-15-7-9-16-2;3-1(4)2(5)6/h4-5,10,15H,3,6-9H2,1-2H3;(H,3,4)(H,5,6). The quantitative estimate of drug-likeness (QED) is 0.459. The molecule has 0 radical (unpaired) electrons. The number of carboxylic acid groups (broad SMARTS) is 2. The molecule has 8 heteroatoms. The maximum atomic E-state index is 9.10. The summed E-state index contributed by atoms with van der Waals surface area (Å²) in [5.41, 5.74) is 1.16. The Kier molecular flexibility index (Phi) is 11.9. The average molecular weight is 392 g/mol. The van der Waals surface area contributed by atoms with E-state index >= 15 is 0 Å². The normalized spacial score (nSPS) is 9.70. The Morgan fingerprint density at radius 3 is 2.35 bits per heavy atom. The highest BCUT2D eigenvalue weighted by Gasteiger charge is 2.04. The molecule has 0 heterocycles. The highest BCUT2D eigenvalue weighted by Crippen LogP contribution is 2.22. The van der Waals surface area contributed by atoms with Crippen LogP contribution in [-0.4, -0.2) is 55.6 Å². The Bertz CT molecular complexity index is 483. The summed E-state index contributed by atoms with van der Waals surface area (Å²) in [6, 6.07) is 6.06. The van der Waals surface area contributed by atoms with Gasteiger partial charge in [0.1, 0.15) is 5.75 Å². The van der Waals surface area contributed by atoms with Crippen molar-refractivity contribution in [3.8, 4) is 5.75 Å². The topological polar surface area (TPSA) is 105 Å². The first-order chi connectivity index (χ1) is 10.9. The van der Waals surface area contributed by atoms with Crippen molar-refractivity contribution >= 4 is 27.9 Å². The van der Waals surface area contributed by atoms with Crippen molar-refractivity contribution in [2.45, 2.75) is 13.3 Å². The molecule has 1 rings (SSSR count). The number of aryl methyl sites for hydroxylation is 1. The van der Waals surface area contributed by atoms with Gasteiger partial charge in [-0.05, 0) is 43.7 Å². The van der Waals surface area contributed by atoms with Gasteiger partial charge in [-0.3, -0.25) is 0 Å². The van der Waals surface area contributed by atoms with E-state index in [-0.39, 0.29) is 0 Å². The van der Waals surface area contributed by atoms with Crippen LogP contribution in [0, 0.1) is 6.92 Å². The molecule has 0 fully saturated rings. The Hall–Kier alpha value is -1.64. The van der Waals surface area contributed by atoms with Gasteiger partial charge in [0.2, 0.25) is 0 Å². The number of ether oxygens (including phenoxy) is 2. The van der Waals surface area contributed by atoms with Crippen LogP contribution in [0.5, 0.6) is 5.75 Å². The largest absolute Gasteiger partial charge is 0.493 e. The summed E-state index contributed by atoms with van der Waals surface area (Å²) >= 11 is 3.44. The van der Waals surface area contributed by atoms with Crippen LogP contribution in [0.15, 0.2) is 22.7 Å². The highest BCUT2D eigenvalue weighted by atomic mass is 79.9. The summed E-state index contributed by atoms with van der Waals surface area (Å²) in [7, 11) is 1.71. The van der Waals surface area contributed by atoms with Gasteiger partial charge < -0.3 is 25.0 Å². The molecule has 0 saturated carbocycles. The zero-order chi connectivity index (χ0) is 17.7. The number of benzene rings is 1. The van der Waals surface area contributed by atoms with Crippen molar-refractivity contribution in [2.24, 2.45) is 0 Å².